The highest BCUT2D eigenvalue weighted by atomic mass is 19.4. The molecule has 13 heteroatoms. The first-order valence-corrected chi connectivity index (χ1v) is 11.4. The normalized spacial score (nSPS) is 12.7. The second-order valence-electron chi connectivity index (χ2n) is 9.16. The predicted octanol–water partition coefficient (Wildman–Crippen LogP) is 6.33. The number of benzene rings is 2. The Morgan fingerprint density at radius 3 is 2.18 bits per heavy atom. The van der Waals surface area contributed by atoms with Crippen LogP contribution in [-0.4, -0.2) is 52.1 Å². The first-order chi connectivity index (χ1) is 18.0. The van der Waals surface area contributed by atoms with Gasteiger partial charge in [-0.1, -0.05) is 6.07 Å². The highest BCUT2D eigenvalue weighted by Crippen LogP contribution is 2.50. The van der Waals surface area contributed by atoms with Crippen LogP contribution in [0.2, 0.25) is 0 Å². The SMILES string of the molecule is Cc1oc(-c2ccc(OC(=O)N(C)C)cc2)nc1Cn1c(C)cc2cc(C(O)(C(F)(F)F)C(F)(F)F)ccc21. The smallest absolute Gasteiger partial charge is 0.430 e. The largest absolute Gasteiger partial charge is 0.441 e. The van der Waals surface area contributed by atoms with Crippen LogP contribution >= 0.6 is 0 Å². The maximum atomic E-state index is 13.3. The summed E-state index contributed by atoms with van der Waals surface area (Å²) >= 11 is 0. The van der Waals surface area contributed by atoms with Gasteiger partial charge in [0.25, 0.3) is 5.60 Å². The van der Waals surface area contributed by atoms with Gasteiger partial charge in [-0.15, -0.1) is 0 Å². The summed E-state index contributed by atoms with van der Waals surface area (Å²) in [7, 11) is 3.10. The van der Waals surface area contributed by atoms with Crippen LogP contribution in [0.5, 0.6) is 5.75 Å². The van der Waals surface area contributed by atoms with Crippen molar-refractivity contribution in [1.29, 1.82) is 0 Å². The van der Waals surface area contributed by atoms with Gasteiger partial charge in [-0.25, -0.2) is 9.78 Å². The van der Waals surface area contributed by atoms with Crippen molar-refractivity contribution in [3.8, 4) is 17.2 Å². The molecule has 0 atom stereocenters. The molecule has 4 rings (SSSR count). The molecule has 0 spiro atoms. The van der Waals surface area contributed by atoms with Crippen molar-refractivity contribution in [3.63, 3.8) is 0 Å². The Balaban J connectivity index is 1.64. The van der Waals surface area contributed by atoms with E-state index in [1.807, 2.05) is 0 Å². The summed E-state index contributed by atoms with van der Waals surface area (Å²) in [5.41, 5.74) is -4.38. The molecule has 1 amide bonds. The standard InChI is InChI=1S/C26H23F6N3O4/c1-14-11-17-12-18(24(37,25(27,28)29)26(30,31)32)7-10-21(17)35(14)13-20-15(2)38-22(33-20)16-5-8-19(9-6-16)39-23(36)34(3)4/h5-12,37H,13H2,1-4H3. The highest BCUT2D eigenvalue weighted by Gasteiger charge is 2.71. The lowest BCUT2D eigenvalue weighted by molar-refractivity contribution is -0.376. The van der Waals surface area contributed by atoms with Crippen LogP contribution in [0.1, 0.15) is 22.7 Å². The number of alkyl halides is 6. The van der Waals surface area contributed by atoms with E-state index in [0.717, 1.165) is 6.07 Å². The molecule has 2 aromatic heterocycles. The average Bonchev–Trinajstić information content (AvgIpc) is 3.36. The van der Waals surface area contributed by atoms with Crippen molar-refractivity contribution in [2.45, 2.75) is 38.3 Å². The Morgan fingerprint density at radius 1 is 1.00 bits per heavy atom. The lowest BCUT2D eigenvalue weighted by Crippen LogP contribution is -2.53. The second kappa shape index (κ2) is 9.63. The summed E-state index contributed by atoms with van der Waals surface area (Å²) in [6.07, 6.45) is -12.5. The van der Waals surface area contributed by atoms with Gasteiger partial charge in [0.05, 0.1) is 6.54 Å². The van der Waals surface area contributed by atoms with Gasteiger partial charge < -0.3 is 23.7 Å². The minimum Gasteiger partial charge on any atom is -0.441 e. The summed E-state index contributed by atoms with van der Waals surface area (Å²) < 4.78 is 92.6. The zero-order valence-corrected chi connectivity index (χ0v) is 21.1. The minimum atomic E-state index is -5.98. The summed E-state index contributed by atoms with van der Waals surface area (Å²) in [4.78, 5) is 17.5. The van der Waals surface area contributed by atoms with E-state index in [1.165, 1.54) is 11.0 Å². The van der Waals surface area contributed by atoms with Gasteiger partial charge in [-0.05, 0) is 56.3 Å². The number of aromatic nitrogens is 2. The molecule has 208 valence electrons. The lowest BCUT2D eigenvalue weighted by atomic mass is 9.91. The molecule has 0 radical (unpaired) electrons. The number of hydrogen-bond donors (Lipinski definition) is 1. The van der Waals surface area contributed by atoms with Crippen molar-refractivity contribution < 1.29 is 45.4 Å². The molecule has 0 fully saturated rings. The van der Waals surface area contributed by atoms with E-state index in [-0.39, 0.29) is 17.8 Å². The molecule has 2 aromatic carbocycles. The van der Waals surface area contributed by atoms with E-state index in [9.17, 15) is 36.2 Å². The van der Waals surface area contributed by atoms with Gasteiger partial charge in [0.2, 0.25) is 5.89 Å². The van der Waals surface area contributed by atoms with Crippen LogP contribution < -0.4 is 4.74 Å². The molecule has 2 heterocycles. The van der Waals surface area contributed by atoms with Crippen LogP contribution in [0.3, 0.4) is 0 Å². The van der Waals surface area contributed by atoms with Crippen molar-refractivity contribution >= 4 is 17.0 Å². The van der Waals surface area contributed by atoms with Crippen LogP contribution in [0, 0.1) is 13.8 Å². The molecular weight excluding hydrogens is 532 g/mol. The van der Waals surface area contributed by atoms with Gasteiger partial charge in [0.1, 0.15) is 17.2 Å². The first kappa shape index (κ1) is 28.0. The third-order valence-electron chi connectivity index (χ3n) is 6.22. The summed E-state index contributed by atoms with van der Waals surface area (Å²) in [5.74, 6) is 1.04. The number of fused-ring (bicyclic) bond motifs is 1. The number of aryl methyl sites for hydroxylation is 2. The molecule has 0 aliphatic rings. The van der Waals surface area contributed by atoms with E-state index in [0.29, 0.717) is 46.1 Å². The lowest BCUT2D eigenvalue weighted by Gasteiger charge is -2.32. The van der Waals surface area contributed by atoms with Crippen LogP contribution in [0.25, 0.3) is 22.4 Å². The van der Waals surface area contributed by atoms with E-state index in [1.54, 1.807) is 56.8 Å². The van der Waals surface area contributed by atoms with Crippen molar-refractivity contribution in [3.05, 3.63) is 71.2 Å². The third-order valence-corrected chi connectivity index (χ3v) is 6.22. The number of amides is 1. The molecule has 0 saturated carbocycles. The number of hydrogen-bond acceptors (Lipinski definition) is 5. The molecule has 0 bridgehead atoms. The molecule has 0 saturated heterocycles. The summed E-state index contributed by atoms with van der Waals surface area (Å²) in [6.45, 7) is 3.43. The van der Waals surface area contributed by atoms with Crippen LogP contribution in [0.4, 0.5) is 31.1 Å². The van der Waals surface area contributed by atoms with Gasteiger partial charge in [0.15, 0.2) is 0 Å². The monoisotopic (exact) mass is 555 g/mol. The summed E-state index contributed by atoms with van der Waals surface area (Å²) in [5, 5.41) is 9.84. The van der Waals surface area contributed by atoms with Crippen molar-refractivity contribution in [1.82, 2.24) is 14.5 Å². The van der Waals surface area contributed by atoms with Crippen LogP contribution in [-0.2, 0) is 12.1 Å². The van der Waals surface area contributed by atoms with Gasteiger partial charge in [-0.2, -0.15) is 26.3 Å². The summed E-state index contributed by atoms with van der Waals surface area (Å²) in [6, 6.07) is 10.3. The highest BCUT2D eigenvalue weighted by molar-refractivity contribution is 5.82. The Bertz CT molecular complexity index is 1500. The number of oxazole rings is 1. The Kier molecular flexibility index (Phi) is 6.92. The molecule has 7 nitrogen and oxygen atoms in total. The Morgan fingerprint density at radius 2 is 1.62 bits per heavy atom. The zero-order chi connectivity index (χ0) is 28.9. The van der Waals surface area contributed by atoms with Gasteiger partial charge >= 0.3 is 18.4 Å². The van der Waals surface area contributed by atoms with Crippen molar-refractivity contribution in [2.24, 2.45) is 0 Å². The van der Waals surface area contributed by atoms with Gasteiger partial charge in [-0.3, -0.25) is 0 Å². The van der Waals surface area contributed by atoms with E-state index < -0.39 is 29.6 Å². The number of carbonyl (C=O) groups excluding carboxylic acids is 1. The molecule has 39 heavy (non-hydrogen) atoms. The zero-order valence-electron chi connectivity index (χ0n) is 21.1. The number of halogens is 6. The number of ether oxygens (including phenoxy) is 1. The fourth-order valence-corrected chi connectivity index (χ4v) is 4.04. The predicted molar refractivity (Wildman–Crippen MR) is 128 cm³/mol. The maximum Gasteiger partial charge on any atom is 0.430 e. The van der Waals surface area contributed by atoms with E-state index in [4.69, 9.17) is 9.15 Å². The second-order valence-corrected chi connectivity index (χ2v) is 9.16. The molecular formula is C26H23F6N3O4. The average molecular weight is 555 g/mol. The molecule has 0 aliphatic carbocycles. The fraction of sp³-hybridized carbons (Fsp3) is 0.308. The van der Waals surface area contributed by atoms with Crippen molar-refractivity contribution in [2.75, 3.05) is 14.1 Å². The fourth-order valence-electron chi connectivity index (χ4n) is 4.04. The number of rotatable bonds is 5. The van der Waals surface area contributed by atoms with Gasteiger partial charge in [0, 0.05) is 41.8 Å². The molecule has 1 N–H and O–H groups in total. The van der Waals surface area contributed by atoms with E-state index >= 15 is 0 Å². The molecule has 0 unspecified atom stereocenters. The number of carbonyl (C=O) groups is 1. The topological polar surface area (TPSA) is 80.7 Å². The molecule has 4 aromatic rings. The number of aliphatic hydroxyl groups is 1. The number of nitrogens with zero attached hydrogens (tertiary/aromatic N) is 3. The maximum absolute atomic E-state index is 13.3. The quantitative estimate of drug-likeness (QED) is 0.291. The van der Waals surface area contributed by atoms with E-state index in [2.05, 4.69) is 4.98 Å². The minimum absolute atomic E-state index is 0.0844. The molecule has 0 aliphatic heterocycles. The Labute approximate surface area is 218 Å². The third kappa shape index (κ3) is 5.05. The Hall–Kier alpha value is -4.00. The first-order valence-electron chi connectivity index (χ1n) is 11.4. The van der Waals surface area contributed by atoms with Crippen LogP contribution in [0.15, 0.2) is 52.9 Å².